The van der Waals surface area contributed by atoms with E-state index < -0.39 is 0 Å². The van der Waals surface area contributed by atoms with Gasteiger partial charge in [-0.05, 0) is 225 Å². The summed E-state index contributed by atoms with van der Waals surface area (Å²) in [7, 11) is 0. The van der Waals surface area contributed by atoms with E-state index in [1.807, 2.05) is 0 Å². The summed E-state index contributed by atoms with van der Waals surface area (Å²) >= 11 is 0. The molecule has 0 aliphatic carbocycles. The van der Waals surface area contributed by atoms with Crippen molar-refractivity contribution in [1.29, 1.82) is 5.26 Å². The summed E-state index contributed by atoms with van der Waals surface area (Å²) in [6.07, 6.45) is 0. The summed E-state index contributed by atoms with van der Waals surface area (Å²) in [5, 5.41) is 18.8. The van der Waals surface area contributed by atoms with Gasteiger partial charge in [0.05, 0.1) is 0 Å². The van der Waals surface area contributed by atoms with Crippen molar-refractivity contribution in [2.24, 2.45) is 0 Å². The van der Waals surface area contributed by atoms with E-state index in [2.05, 4.69) is 211 Å². The SMILES string of the molecule is Cc1cc(C)cc(N(c2cc(C)cc(C)c2)c2ccc3cc4c(cc3c2)oc2c(C#N)c3oc5cc6cc(N(c7cc(C)cc(C)c7)c7cc(C)cc(C)c7)ccc6cc5c3cc24)c1. The minimum Gasteiger partial charge on any atom is -0.454 e. The van der Waals surface area contributed by atoms with E-state index in [1.54, 1.807) is 0 Å². The zero-order valence-corrected chi connectivity index (χ0v) is 37.4. The van der Waals surface area contributed by atoms with Crippen molar-refractivity contribution in [3.8, 4) is 6.07 Å². The monoisotopic (exact) mass is 829 g/mol. The standard InChI is InChI=1S/C59H47N3O2/c1-33-13-34(2)18-47(17-33)61(48-19-35(3)14-36(4)20-48)45-11-9-41-27-51-53-31-54-52-28-42-10-12-46(62(49-21-37(5)15-38(6)22-49)50-23-39(7)16-40(8)24-50)26-44(42)30-57(52)64-59(54)55(32-60)58(53)63-56(51)29-43(41)25-45/h9-31H,1-8H3. The van der Waals surface area contributed by atoms with Crippen LogP contribution in [0, 0.1) is 66.7 Å². The Balaban J connectivity index is 1.04. The minimum atomic E-state index is 0.404. The number of rotatable bonds is 6. The Hall–Kier alpha value is -7.81. The molecule has 2 aromatic heterocycles. The summed E-state index contributed by atoms with van der Waals surface area (Å²) < 4.78 is 13.3. The molecule has 5 nitrogen and oxygen atoms in total. The molecule has 0 amide bonds. The van der Waals surface area contributed by atoms with E-state index >= 15 is 0 Å². The van der Waals surface area contributed by atoms with Gasteiger partial charge in [-0.3, -0.25) is 0 Å². The molecule has 0 radical (unpaired) electrons. The fraction of sp³-hybridized carbons (Fsp3) is 0.136. The molecule has 0 fully saturated rings. The maximum Gasteiger partial charge on any atom is 0.157 e. The van der Waals surface area contributed by atoms with Gasteiger partial charge in [0.15, 0.2) is 11.2 Å². The highest BCUT2D eigenvalue weighted by Gasteiger charge is 2.22. The number of benzene rings is 9. The van der Waals surface area contributed by atoms with Gasteiger partial charge in [-0.1, -0.05) is 36.4 Å². The molecular formula is C59H47N3O2. The van der Waals surface area contributed by atoms with Crippen molar-refractivity contribution in [3.63, 3.8) is 0 Å². The smallest absolute Gasteiger partial charge is 0.157 e. The lowest BCUT2D eigenvalue weighted by Crippen LogP contribution is -2.11. The van der Waals surface area contributed by atoms with Crippen LogP contribution in [0.15, 0.2) is 148 Å². The van der Waals surface area contributed by atoms with Gasteiger partial charge in [-0.25, -0.2) is 0 Å². The first kappa shape index (κ1) is 39.1. The lowest BCUT2D eigenvalue weighted by Gasteiger charge is -2.27. The molecular weight excluding hydrogens is 783 g/mol. The van der Waals surface area contributed by atoms with Crippen LogP contribution < -0.4 is 9.80 Å². The Labute approximate surface area is 373 Å². The molecule has 0 aliphatic rings. The van der Waals surface area contributed by atoms with E-state index in [0.717, 1.165) is 88.4 Å². The fourth-order valence-electron chi connectivity index (χ4n) is 10.2. The molecule has 0 saturated heterocycles. The second kappa shape index (κ2) is 14.6. The Bertz CT molecular complexity index is 3380. The summed E-state index contributed by atoms with van der Waals surface area (Å²) in [6.45, 7) is 17.2. The Morgan fingerprint density at radius 3 is 0.969 bits per heavy atom. The predicted octanol–water partition coefficient (Wildman–Crippen LogP) is 17.1. The van der Waals surface area contributed by atoms with Gasteiger partial charge in [0, 0.05) is 55.7 Å². The molecule has 0 saturated carbocycles. The molecule has 0 atom stereocenters. The van der Waals surface area contributed by atoms with E-state index in [1.165, 1.54) is 44.5 Å². The molecule has 11 aromatic rings. The van der Waals surface area contributed by atoms with E-state index in [4.69, 9.17) is 8.83 Å². The first-order valence-electron chi connectivity index (χ1n) is 21.9. The number of furan rings is 2. The third kappa shape index (κ3) is 6.62. The summed E-state index contributed by atoms with van der Waals surface area (Å²) in [4.78, 5) is 4.68. The van der Waals surface area contributed by atoms with Crippen molar-refractivity contribution in [1.82, 2.24) is 0 Å². The van der Waals surface area contributed by atoms with Crippen LogP contribution in [-0.2, 0) is 0 Å². The highest BCUT2D eigenvalue weighted by molar-refractivity contribution is 6.20. The molecule has 0 N–H and O–H groups in total. The van der Waals surface area contributed by atoms with E-state index in [0.29, 0.717) is 16.7 Å². The molecule has 2 heterocycles. The first-order valence-corrected chi connectivity index (χ1v) is 21.9. The third-order valence-corrected chi connectivity index (χ3v) is 12.6. The van der Waals surface area contributed by atoms with Crippen molar-refractivity contribution in [2.45, 2.75) is 55.4 Å². The van der Waals surface area contributed by atoms with Crippen LogP contribution in [0.2, 0.25) is 0 Å². The number of hydrogen-bond acceptors (Lipinski definition) is 5. The zero-order chi connectivity index (χ0) is 44.1. The molecule has 9 aromatic carbocycles. The van der Waals surface area contributed by atoms with Gasteiger partial charge >= 0.3 is 0 Å². The topological polar surface area (TPSA) is 56.6 Å². The lowest BCUT2D eigenvalue weighted by molar-refractivity contribution is 0.654. The van der Waals surface area contributed by atoms with Crippen LogP contribution in [0.1, 0.15) is 50.1 Å². The third-order valence-electron chi connectivity index (χ3n) is 12.6. The summed E-state index contributed by atoms with van der Waals surface area (Å²) in [6, 6.07) is 53.3. The van der Waals surface area contributed by atoms with Crippen LogP contribution >= 0.6 is 0 Å². The molecule has 0 unspecified atom stereocenters. The summed E-state index contributed by atoms with van der Waals surface area (Å²) in [5.41, 5.74) is 19.2. The van der Waals surface area contributed by atoms with Crippen LogP contribution in [0.4, 0.5) is 34.1 Å². The van der Waals surface area contributed by atoms with Gasteiger partial charge in [0.1, 0.15) is 22.8 Å². The number of nitriles is 1. The quantitative estimate of drug-likeness (QED) is 0.167. The number of anilines is 6. The molecule has 0 bridgehead atoms. The van der Waals surface area contributed by atoms with Crippen molar-refractivity contribution in [3.05, 3.63) is 190 Å². The Morgan fingerprint density at radius 1 is 0.328 bits per heavy atom. The highest BCUT2D eigenvalue weighted by Crippen LogP contribution is 2.45. The average molecular weight is 830 g/mol. The predicted molar refractivity (Wildman–Crippen MR) is 268 cm³/mol. The molecule has 11 rings (SSSR count). The Morgan fingerprint density at radius 2 is 0.656 bits per heavy atom. The van der Waals surface area contributed by atoms with E-state index in [9.17, 15) is 5.26 Å². The normalized spacial score (nSPS) is 11.7. The molecule has 5 heteroatoms. The molecule has 64 heavy (non-hydrogen) atoms. The van der Waals surface area contributed by atoms with Crippen LogP contribution in [0.25, 0.3) is 65.4 Å². The van der Waals surface area contributed by atoms with Crippen LogP contribution in [0.3, 0.4) is 0 Å². The van der Waals surface area contributed by atoms with Crippen LogP contribution in [0.5, 0.6) is 0 Å². The molecule has 0 spiro atoms. The average Bonchev–Trinajstić information content (AvgIpc) is 3.76. The van der Waals surface area contributed by atoms with E-state index in [-0.39, 0.29) is 0 Å². The van der Waals surface area contributed by atoms with Crippen molar-refractivity contribution in [2.75, 3.05) is 9.80 Å². The van der Waals surface area contributed by atoms with Crippen LogP contribution in [-0.4, -0.2) is 0 Å². The van der Waals surface area contributed by atoms with Gasteiger partial charge < -0.3 is 18.6 Å². The Kier molecular flexibility index (Phi) is 8.94. The number of hydrogen-bond donors (Lipinski definition) is 0. The van der Waals surface area contributed by atoms with Gasteiger partial charge in [0.25, 0.3) is 0 Å². The first-order chi connectivity index (χ1) is 30.8. The highest BCUT2D eigenvalue weighted by atomic mass is 16.3. The molecule has 310 valence electrons. The molecule has 0 aliphatic heterocycles. The van der Waals surface area contributed by atoms with Crippen molar-refractivity contribution < 1.29 is 8.83 Å². The van der Waals surface area contributed by atoms with Gasteiger partial charge in [-0.2, -0.15) is 5.26 Å². The number of aryl methyl sites for hydroxylation is 8. The zero-order valence-electron chi connectivity index (χ0n) is 37.4. The maximum atomic E-state index is 10.8. The number of nitrogens with zero attached hydrogens (tertiary/aromatic N) is 3. The fourth-order valence-corrected chi connectivity index (χ4v) is 10.2. The van der Waals surface area contributed by atoms with Gasteiger partial charge in [0.2, 0.25) is 0 Å². The largest absolute Gasteiger partial charge is 0.454 e. The van der Waals surface area contributed by atoms with Crippen molar-refractivity contribution >= 4 is 99.5 Å². The lowest BCUT2D eigenvalue weighted by atomic mass is 10.0. The maximum absolute atomic E-state index is 10.8. The summed E-state index contributed by atoms with van der Waals surface area (Å²) in [5.74, 6) is 0. The minimum absolute atomic E-state index is 0.404. The number of fused-ring (bicyclic) bond motifs is 8. The second-order valence-electron chi connectivity index (χ2n) is 18.1. The second-order valence-corrected chi connectivity index (χ2v) is 18.1. The van der Waals surface area contributed by atoms with Gasteiger partial charge in [-0.15, -0.1) is 0 Å².